The average Bonchev–Trinajstić information content (AvgIpc) is 3.31. The lowest BCUT2D eigenvalue weighted by Gasteiger charge is -2.13. The molecule has 2 amide bonds. The van der Waals surface area contributed by atoms with Crippen LogP contribution in [-0.4, -0.2) is 132 Å². The maximum absolute atomic E-state index is 11.4. The number of ether oxygens (including phenoxy) is 7. The van der Waals surface area contributed by atoms with Crippen LogP contribution >= 0.6 is 0 Å². The van der Waals surface area contributed by atoms with Crippen LogP contribution in [0.15, 0.2) is 30.4 Å². The fraction of sp³-hybridized carbons (Fsp3) is 0.615. The molecule has 0 atom stereocenters. The van der Waals surface area contributed by atoms with Crippen LogP contribution in [0.1, 0.15) is 0 Å². The van der Waals surface area contributed by atoms with Crippen LogP contribution < -0.4 is 5.32 Å². The number of carbonyl (C=O) groups excluding carboxylic acids is 2. The van der Waals surface area contributed by atoms with Gasteiger partial charge >= 0.3 is 0 Å². The Kier molecular flexibility index (Phi) is 18.2. The second-order valence-electron chi connectivity index (χ2n) is 8.59. The SMILES string of the molecule is O=C1C=CC(=O)N1CCOCCOCCOCCOCCOCCOCCOCCNc1ccc([N+](=O)[O-])cc1[N+](=O)[O-]. The second kappa shape index (κ2) is 22.0. The molecular formula is C26H38N4O13. The average molecular weight is 615 g/mol. The molecule has 0 aliphatic carbocycles. The van der Waals surface area contributed by atoms with E-state index in [2.05, 4.69) is 5.32 Å². The maximum atomic E-state index is 11.4. The van der Waals surface area contributed by atoms with Crippen molar-refractivity contribution in [1.82, 2.24) is 4.90 Å². The molecule has 17 heteroatoms. The van der Waals surface area contributed by atoms with Gasteiger partial charge in [0.05, 0.1) is 115 Å². The molecule has 240 valence electrons. The van der Waals surface area contributed by atoms with Gasteiger partial charge in [-0.15, -0.1) is 0 Å². The van der Waals surface area contributed by atoms with Gasteiger partial charge in [-0.3, -0.25) is 34.7 Å². The quantitative estimate of drug-likeness (QED) is 0.0635. The van der Waals surface area contributed by atoms with E-state index in [4.69, 9.17) is 33.2 Å². The van der Waals surface area contributed by atoms with Gasteiger partial charge in [0.25, 0.3) is 23.2 Å². The van der Waals surface area contributed by atoms with Gasteiger partial charge in [0.15, 0.2) is 0 Å². The lowest BCUT2D eigenvalue weighted by Crippen LogP contribution is -2.33. The first kappa shape index (κ1) is 35.6. The van der Waals surface area contributed by atoms with E-state index in [0.717, 1.165) is 11.0 Å². The Morgan fingerprint density at radius 3 is 1.44 bits per heavy atom. The number of hydrogen-bond donors (Lipinski definition) is 1. The number of non-ortho nitro benzene ring substituents is 1. The number of nitro groups is 2. The second-order valence-corrected chi connectivity index (χ2v) is 8.59. The smallest absolute Gasteiger partial charge is 0.299 e. The monoisotopic (exact) mass is 614 g/mol. The van der Waals surface area contributed by atoms with E-state index in [1.807, 2.05) is 0 Å². The van der Waals surface area contributed by atoms with Crippen molar-refractivity contribution >= 4 is 28.9 Å². The summed E-state index contributed by atoms with van der Waals surface area (Å²) in [5.74, 6) is -0.647. The van der Waals surface area contributed by atoms with Crippen LogP contribution in [0.2, 0.25) is 0 Å². The van der Waals surface area contributed by atoms with Crippen LogP contribution in [0.3, 0.4) is 0 Å². The highest BCUT2D eigenvalue weighted by Gasteiger charge is 2.22. The lowest BCUT2D eigenvalue weighted by atomic mass is 10.2. The fourth-order valence-corrected chi connectivity index (χ4v) is 3.42. The summed E-state index contributed by atoms with van der Waals surface area (Å²) < 4.78 is 37.7. The summed E-state index contributed by atoms with van der Waals surface area (Å²) in [5.41, 5.74) is -0.546. The Balaban J connectivity index is 1.27. The molecule has 0 unspecified atom stereocenters. The zero-order valence-corrected chi connectivity index (χ0v) is 23.8. The van der Waals surface area contributed by atoms with E-state index in [9.17, 15) is 29.8 Å². The minimum absolute atomic E-state index is 0.178. The van der Waals surface area contributed by atoms with Gasteiger partial charge in [-0.25, -0.2) is 0 Å². The van der Waals surface area contributed by atoms with E-state index in [1.165, 1.54) is 24.3 Å². The van der Waals surface area contributed by atoms with Gasteiger partial charge < -0.3 is 38.5 Å². The molecule has 0 aromatic heterocycles. The Hall–Kier alpha value is -3.58. The number of carbonyl (C=O) groups is 2. The van der Waals surface area contributed by atoms with Crippen LogP contribution in [0.25, 0.3) is 0 Å². The molecule has 1 heterocycles. The Bertz CT molecular complexity index is 1020. The van der Waals surface area contributed by atoms with E-state index < -0.39 is 9.85 Å². The normalized spacial score (nSPS) is 12.8. The van der Waals surface area contributed by atoms with Crippen molar-refractivity contribution in [3.05, 3.63) is 50.6 Å². The summed E-state index contributed by atoms with van der Waals surface area (Å²) >= 11 is 0. The lowest BCUT2D eigenvalue weighted by molar-refractivity contribution is -0.393. The van der Waals surface area contributed by atoms with Crippen LogP contribution in [-0.2, 0) is 42.7 Å². The summed E-state index contributed by atoms with van der Waals surface area (Å²) in [7, 11) is 0. The zero-order valence-electron chi connectivity index (χ0n) is 23.8. The highest BCUT2D eigenvalue weighted by molar-refractivity contribution is 6.12. The number of imide groups is 1. The molecule has 0 fully saturated rings. The number of nitrogens with zero attached hydrogens (tertiary/aromatic N) is 3. The third-order valence-corrected chi connectivity index (χ3v) is 5.54. The number of nitro benzene ring substituents is 2. The number of rotatable bonds is 27. The molecule has 0 saturated heterocycles. The summed E-state index contributed by atoms with van der Waals surface area (Å²) in [6.45, 7) is 5.76. The van der Waals surface area contributed by atoms with E-state index in [1.54, 1.807) is 0 Å². The molecule has 43 heavy (non-hydrogen) atoms. The molecular weight excluding hydrogens is 576 g/mol. The molecule has 0 spiro atoms. The maximum Gasteiger partial charge on any atom is 0.299 e. The number of anilines is 1. The summed E-state index contributed by atoms with van der Waals surface area (Å²) in [5, 5.41) is 24.7. The zero-order chi connectivity index (χ0) is 31.1. The van der Waals surface area contributed by atoms with Crippen LogP contribution in [0.5, 0.6) is 0 Å². The number of nitrogens with one attached hydrogen (secondary N) is 1. The van der Waals surface area contributed by atoms with E-state index >= 15 is 0 Å². The highest BCUT2D eigenvalue weighted by Crippen LogP contribution is 2.28. The van der Waals surface area contributed by atoms with Gasteiger partial charge in [-0.2, -0.15) is 0 Å². The van der Waals surface area contributed by atoms with Crippen molar-refractivity contribution in [3.8, 4) is 0 Å². The molecule has 17 nitrogen and oxygen atoms in total. The molecule has 1 aliphatic rings. The van der Waals surface area contributed by atoms with Gasteiger partial charge in [0.1, 0.15) is 5.69 Å². The third kappa shape index (κ3) is 15.5. The largest absolute Gasteiger partial charge is 0.377 e. The molecule has 2 rings (SSSR count). The molecule has 1 N–H and O–H groups in total. The molecule has 0 radical (unpaired) electrons. The van der Waals surface area contributed by atoms with Crippen molar-refractivity contribution in [3.63, 3.8) is 0 Å². The standard InChI is InChI=1S/C26H38N4O13/c31-25-3-4-26(32)28(25)6-8-38-10-12-40-14-16-42-18-20-43-19-17-41-15-13-39-11-9-37-7-5-27-23-2-1-22(29(33)34)21-24(23)30(35)36/h1-4,21,27H,5-20H2. The molecule has 0 saturated carbocycles. The minimum atomic E-state index is -0.688. The molecule has 1 aromatic rings. The van der Waals surface area contributed by atoms with Crippen molar-refractivity contribution in [1.29, 1.82) is 0 Å². The fourth-order valence-electron chi connectivity index (χ4n) is 3.42. The van der Waals surface area contributed by atoms with Crippen molar-refractivity contribution < 1.29 is 52.6 Å². The summed E-state index contributed by atoms with van der Waals surface area (Å²) in [6, 6.07) is 3.40. The number of benzene rings is 1. The number of hydrogen-bond acceptors (Lipinski definition) is 14. The molecule has 1 aromatic carbocycles. The van der Waals surface area contributed by atoms with Crippen LogP contribution in [0.4, 0.5) is 17.1 Å². The predicted octanol–water partition coefficient (Wildman–Crippen LogP) is 0.956. The van der Waals surface area contributed by atoms with Gasteiger partial charge in [-0.1, -0.05) is 0 Å². The number of amides is 2. The predicted molar refractivity (Wildman–Crippen MR) is 150 cm³/mol. The Morgan fingerprint density at radius 2 is 1.02 bits per heavy atom. The first-order chi connectivity index (χ1) is 20.9. The highest BCUT2D eigenvalue weighted by atomic mass is 16.6. The van der Waals surface area contributed by atoms with E-state index in [0.29, 0.717) is 79.3 Å². The Morgan fingerprint density at radius 1 is 0.605 bits per heavy atom. The summed E-state index contributed by atoms with van der Waals surface area (Å²) in [6.07, 6.45) is 2.48. The van der Waals surface area contributed by atoms with Crippen molar-refractivity contribution in [2.24, 2.45) is 0 Å². The van der Waals surface area contributed by atoms with Crippen molar-refractivity contribution in [2.75, 3.05) is 111 Å². The first-order valence-corrected chi connectivity index (χ1v) is 13.6. The third-order valence-electron chi connectivity index (χ3n) is 5.54. The van der Waals surface area contributed by atoms with Crippen molar-refractivity contribution in [2.45, 2.75) is 0 Å². The van der Waals surface area contributed by atoms with Gasteiger partial charge in [0, 0.05) is 24.8 Å². The van der Waals surface area contributed by atoms with E-state index in [-0.39, 0.29) is 55.2 Å². The molecule has 1 aliphatic heterocycles. The molecule has 0 bridgehead atoms. The summed E-state index contributed by atoms with van der Waals surface area (Å²) in [4.78, 5) is 44.4. The topological polar surface area (TPSA) is 200 Å². The van der Waals surface area contributed by atoms with Gasteiger partial charge in [0.2, 0.25) is 0 Å². The van der Waals surface area contributed by atoms with Gasteiger partial charge in [-0.05, 0) is 6.07 Å². The minimum Gasteiger partial charge on any atom is -0.377 e. The Labute approximate surface area is 248 Å². The first-order valence-electron chi connectivity index (χ1n) is 13.6. The van der Waals surface area contributed by atoms with Crippen LogP contribution in [0, 0.1) is 20.2 Å².